The normalized spacial score (nSPS) is 10.9. The molecule has 0 fully saturated rings. The van der Waals surface area contributed by atoms with Crippen LogP contribution in [0.3, 0.4) is 0 Å². The van der Waals surface area contributed by atoms with Gasteiger partial charge in [0.2, 0.25) is 0 Å². The summed E-state index contributed by atoms with van der Waals surface area (Å²) in [5.74, 6) is -1.76. The van der Waals surface area contributed by atoms with Crippen molar-refractivity contribution in [1.82, 2.24) is 0 Å². The first kappa shape index (κ1) is 18.1. The lowest BCUT2D eigenvalue weighted by Crippen LogP contribution is -2.13. The summed E-state index contributed by atoms with van der Waals surface area (Å²) in [6.45, 7) is 0. The van der Waals surface area contributed by atoms with Crippen LogP contribution in [0.2, 0.25) is 0 Å². The number of nitrogen functional groups attached to an aromatic ring is 1. The van der Waals surface area contributed by atoms with E-state index in [0.29, 0.717) is 5.56 Å². The minimum Gasteiger partial charge on any atom is -0.803 e. The average Bonchev–Trinajstić information content (AvgIpc) is 3.18. The van der Waals surface area contributed by atoms with Crippen molar-refractivity contribution in [3.8, 4) is 0 Å². The average molecular weight is 366 g/mol. The highest BCUT2D eigenvalue weighted by molar-refractivity contribution is 6.16. The van der Waals surface area contributed by atoms with Crippen LogP contribution in [0.5, 0.6) is 0 Å². The van der Waals surface area contributed by atoms with Gasteiger partial charge in [0.05, 0.1) is 12.0 Å². The van der Waals surface area contributed by atoms with Crippen molar-refractivity contribution < 1.29 is 18.0 Å². The third-order valence-corrected chi connectivity index (χ3v) is 3.71. The largest absolute Gasteiger partial charge is 0.803 e. The summed E-state index contributed by atoms with van der Waals surface area (Å²) < 4.78 is 32.0. The standard InChI is InChI=1S/C20H14F2N3O2/c21-13-6-3-12(4-7-13)5-8-16(23)14-10-18(15(22)11-17(14)24)25-20(26)19-2-1-9-27-19/h1-11H,24H2,(H,25,26)/q-1/b8-5+. The number of amides is 1. The highest BCUT2D eigenvalue weighted by Gasteiger charge is 2.13. The van der Waals surface area contributed by atoms with E-state index < -0.39 is 11.7 Å². The fourth-order valence-electron chi connectivity index (χ4n) is 2.34. The predicted octanol–water partition coefficient (Wildman–Crippen LogP) is 4.46. The Morgan fingerprint density at radius 3 is 2.56 bits per heavy atom. The molecule has 2 aromatic carbocycles. The van der Waals surface area contributed by atoms with Crippen molar-refractivity contribution >= 4 is 29.1 Å². The van der Waals surface area contributed by atoms with Gasteiger partial charge in [-0.25, -0.2) is 8.78 Å². The van der Waals surface area contributed by atoms with Crippen molar-refractivity contribution in [2.75, 3.05) is 11.1 Å². The number of rotatable bonds is 5. The van der Waals surface area contributed by atoms with Crippen LogP contribution in [0.1, 0.15) is 21.7 Å². The number of allylic oxidation sites excluding steroid dienone is 1. The lowest BCUT2D eigenvalue weighted by atomic mass is 10.0. The number of anilines is 2. The molecule has 3 rings (SSSR count). The molecule has 3 aromatic rings. The lowest BCUT2D eigenvalue weighted by Gasteiger charge is -2.15. The van der Waals surface area contributed by atoms with Crippen LogP contribution in [0, 0.1) is 11.6 Å². The topological polar surface area (TPSA) is 90.6 Å². The van der Waals surface area contributed by atoms with E-state index in [2.05, 4.69) is 5.32 Å². The Labute approximate surface area is 153 Å². The fourth-order valence-corrected chi connectivity index (χ4v) is 2.34. The van der Waals surface area contributed by atoms with Gasteiger partial charge in [-0.3, -0.25) is 4.79 Å². The molecule has 0 spiro atoms. The van der Waals surface area contributed by atoms with Gasteiger partial charge in [0, 0.05) is 5.69 Å². The molecule has 0 unspecified atom stereocenters. The highest BCUT2D eigenvalue weighted by Crippen LogP contribution is 2.24. The zero-order valence-corrected chi connectivity index (χ0v) is 13.9. The van der Waals surface area contributed by atoms with Gasteiger partial charge in [0.25, 0.3) is 5.91 Å². The molecule has 0 bridgehead atoms. The minimum absolute atomic E-state index is 0.00949. The molecule has 0 aliphatic carbocycles. The van der Waals surface area contributed by atoms with Crippen LogP contribution in [0.25, 0.3) is 11.5 Å². The molecule has 136 valence electrons. The molecule has 0 atom stereocenters. The Balaban J connectivity index is 1.83. The third-order valence-electron chi connectivity index (χ3n) is 3.71. The van der Waals surface area contributed by atoms with Crippen LogP contribution in [-0.2, 0) is 0 Å². The van der Waals surface area contributed by atoms with E-state index in [0.717, 1.165) is 6.07 Å². The predicted molar refractivity (Wildman–Crippen MR) is 100 cm³/mol. The van der Waals surface area contributed by atoms with E-state index >= 15 is 0 Å². The Morgan fingerprint density at radius 2 is 1.89 bits per heavy atom. The Kier molecular flexibility index (Phi) is 5.12. The zero-order valence-electron chi connectivity index (χ0n) is 13.9. The summed E-state index contributed by atoms with van der Waals surface area (Å²) in [5.41, 5.74) is 6.13. The van der Waals surface area contributed by atoms with E-state index in [1.54, 1.807) is 6.08 Å². The Bertz CT molecular complexity index is 1010. The zero-order chi connectivity index (χ0) is 19.4. The first-order valence-electron chi connectivity index (χ1n) is 7.88. The number of furan rings is 1. The molecule has 0 aliphatic rings. The molecule has 1 aromatic heterocycles. The number of nitrogens with one attached hydrogen (secondary N) is 1. The van der Waals surface area contributed by atoms with Crippen LogP contribution < -0.4 is 11.1 Å². The van der Waals surface area contributed by atoms with E-state index in [1.807, 2.05) is 0 Å². The number of nitrogens with two attached hydrogens (primary N) is 1. The Hall–Kier alpha value is -3.74. The molecule has 0 saturated heterocycles. The molecule has 0 aliphatic heterocycles. The van der Waals surface area contributed by atoms with Crippen molar-refractivity contribution in [1.29, 1.82) is 0 Å². The maximum Gasteiger partial charge on any atom is 0.291 e. The number of hydrogen-bond donors (Lipinski definition) is 2. The minimum atomic E-state index is -0.758. The molecule has 7 heteroatoms. The van der Waals surface area contributed by atoms with E-state index in [9.17, 15) is 19.0 Å². The highest BCUT2D eigenvalue weighted by atomic mass is 19.1. The second-order valence-electron chi connectivity index (χ2n) is 5.62. The number of carbonyl (C=O) groups excluding carboxylic acids is 1. The summed E-state index contributed by atoms with van der Waals surface area (Å²) in [7, 11) is 0. The van der Waals surface area contributed by atoms with Crippen molar-refractivity contribution in [3.63, 3.8) is 0 Å². The van der Waals surface area contributed by atoms with E-state index in [4.69, 9.17) is 10.2 Å². The molecule has 5 nitrogen and oxygen atoms in total. The van der Waals surface area contributed by atoms with Gasteiger partial charge in [-0.1, -0.05) is 24.3 Å². The van der Waals surface area contributed by atoms with Crippen LogP contribution in [-0.4, -0.2) is 11.6 Å². The lowest BCUT2D eigenvalue weighted by molar-refractivity contribution is 0.0996. The molecular weight excluding hydrogens is 352 g/mol. The maximum atomic E-state index is 14.1. The van der Waals surface area contributed by atoms with Gasteiger partial charge in [-0.15, -0.1) is 5.71 Å². The summed E-state index contributed by atoms with van der Waals surface area (Å²) >= 11 is 0. The van der Waals surface area contributed by atoms with Gasteiger partial charge in [0.15, 0.2) is 5.76 Å². The van der Waals surface area contributed by atoms with E-state index in [-0.39, 0.29) is 34.2 Å². The van der Waals surface area contributed by atoms with Gasteiger partial charge in [-0.05, 0) is 47.5 Å². The van der Waals surface area contributed by atoms with Gasteiger partial charge >= 0.3 is 0 Å². The molecule has 1 amide bonds. The summed E-state index contributed by atoms with van der Waals surface area (Å²) in [4.78, 5) is 12.0. The van der Waals surface area contributed by atoms with E-state index in [1.165, 1.54) is 54.8 Å². The molecule has 0 radical (unpaired) electrons. The molecule has 3 N–H and O–H groups in total. The molecule has 0 saturated carbocycles. The summed E-state index contributed by atoms with van der Waals surface area (Å²) in [6.07, 6.45) is 4.20. The first-order valence-corrected chi connectivity index (χ1v) is 7.88. The number of hydrogen-bond acceptors (Lipinski definition) is 3. The van der Waals surface area contributed by atoms with Crippen molar-refractivity contribution in [2.24, 2.45) is 0 Å². The molecule has 1 heterocycles. The Morgan fingerprint density at radius 1 is 1.15 bits per heavy atom. The monoisotopic (exact) mass is 366 g/mol. The molecular formula is C20H14F2N3O2-. The number of halogens is 2. The second-order valence-corrected chi connectivity index (χ2v) is 5.62. The smallest absolute Gasteiger partial charge is 0.291 e. The van der Waals surface area contributed by atoms with Crippen molar-refractivity contribution in [2.45, 2.75) is 0 Å². The number of benzene rings is 2. The number of carbonyl (C=O) groups is 1. The summed E-state index contributed by atoms with van der Waals surface area (Å²) in [5, 5.41) is 12.6. The quantitative estimate of drug-likeness (QED) is 0.516. The van der Waals surface area contributed by atoms with Crippen LogP contribution >= 0.6 is 0 Å². The molecule has 27 heavy (non-hydrogen) atoms. The van der Waals surface area contributed by atoms with Gasteiger partial charge < -0.3 is 20.9 Å². The second kappa shape index (κ2) is 7.65. The van der Waals surface area contributed by atoms with Gasteiger partial charge in [-0.2, -0.15) is 0 Å². The van der Waals surface area contributed by atoms with Crippen molar-refractivity contribution in [3.05, 3.63) is 94.8 Å². The summed E-state index contributed by atoms with van der Waals surface area (Å²) in [6, 6.07) is 10.8. The van der Waals surface area contributed by atoms with Crippen LogP contribution in [0.4, 0.5) is 20.2 Å². The van der Waals surface area contributed by atoms with Gasteiger partial charge in [0.1, 0.15) is 11.6 Å². The SMILES string of the molecule is [N-]=C(/C=C/c1ccc(F)cc1)c1cc(NC(=O)c2ccco2)c(F)cc1N. The third kappa shape index (κ3) is 4.27. The van der Waals surface area contributed by atoms with Crippen LogP contribution in [0.15, 0.2) is 65.3 Å². The maximum absolute atomic E-state index is 14.1. The number of nitrogens with zero attached hydrogens (tertiary/aromatic N) is 1. The first-order chi connectivity index (χ1) is 12.9. The fraction of sp³-hybridized carbons (Fsp3) is 0.